The van der Waals surface area contributed by atoms with E-state index in [2.05, 4.69) is 29.7 Å². The van der Waals surface area contributed by atoms with Gasteiger partial charge >= 0.3 is 0 Å². The molecule has 0 aliphatic heterocycles. The van der Waals surface area contributed by atoms with Gasteiger partial charge in [-0.1, -0.05) is 53.9 Å². The van der Waals surface area contributed by atoms with E-state index in [0.717, 1.165) is 12.1 Å². The molecule has 0 aliphatic carbocycles. The van der Waals surface area contributed by atoms with Crippen LogP contribution in [0.4, 0.5) is 11.4 Å². The maximum absolute atomic E-state index is 6.10. The van der Waals surface area contributed by atoms with Crippen LogP contribution in [0.2, 0.25) is 15.1 Å². The van der Waals surface area contributed by atoms with Gasteiger partial charge in [0, 0.05) is 5.69 Å². The Kier molecular flexibility index (Phi) is 5.71. The Morgan fingerprint density at radius 3 is 2.19 bits per heavy atom. The lowest BCUT2D eigenvalue weighted by Crippen LogP contribution is -2.19. The Morgan fingerprint density at radius 2 is 1.57 bits per heavy atom. The van der Waals surface area contributed by atoms with Crippen LogP contribution in [0.1, 0.15) is 12.5 Å². The largest absolute Gasteiger partial charge is 0.332 e. The third-order valence-corrected chi connectivity index (χ3v) is 4.12. The van der Waals surface area contributed by atoms with Crippen LogP contribution in [-0.2, 0) is 6.42 Å². The van der Waals surface area contributed by atoms with Crippen LogP contribution in [-0.4, -0.2) is 5.11 Å². The van der Waals surface area contributed by atoms with E-state index in [-0.39, 0.29) is 0 Å². The molecule has 0 radical (unpaired) electrons. The zero-order chi connectivity index (χ0) is 15.4. The molecule has 2 rings (SSSR count). The van der Waals surface area contributed by atoms with Crippen molar-refractivity contribution in [2.24, 2.45) is 0 Å². The molecular formula is C15H13Cl3N2S. The summed E-state index contributed by atoms with van der Waals surface area (Å²) >= 11 is 23.2. The summed E-state index contributed by atoms with van der Waals surface area (Å²) in [4.78, 5) is 0. The molecule has 2 N–H and O–H groups in total. The molecule has 2 nitrogen and oxygen atoms in total. The first-order valence-electron chi connectivity index (χ1n) is 6.31. The van der Waals surface area contributed by atoms with E-state index in [1.165, 1.54) is 5.56 Å². The summed E-state index contributed by atoms with van der Waals surface area (Å²) in [5, 5.41) is 7.79. The van der Waals surface area contributed by atoms with Crippen molar-refractivity contribution in [3.05, 3.63) is 57.0 Å². The van der Waals surface area contributed by atoms with Gasteiger partial charge in [0.1, 0.15) is 0 Å². The third-order valence-electron chi connectivity index (χ3n) is 2.88. The summed E-state index contributed by atoms with van der Waals surface area (Å²) in [5.74, 6) is 0. The average molecular weight is 360 g/mol. The van der Waals surface area contributed by atoms with Gasteiger partial charge < -0.3 is 10.6 Å². The van der Waals surface area contributed by atoms with Crippen LogP contribution >= 0.6 is 47.0 Å². The number of hydrogen-bond donors (Lipinski definition) is 2. The van der Waals surface area contributed by atoms with Crippen molar-refractivity contribution in [1.82, 2.24) is 0 Å². The van der Waals surface area contributed by atoms with Crippen molar-refractivity contribution in [2.75, 3.05) is 10.6 Å². The van der Waals surface area contributed by atoms with E-state index in [0.29, 0.717) is 25.9 Å². The average Bonchev–Trinajstić information content (AvgIpc) is 2.45. The second-order valence-corrected chi connectivity index (χ2v) is 6.01. The van der Waals surface area contributed by atoms with Gasteiger partial charge in [0.2, 0.25) is 0 Å². The molecule has 0 spiro atoms. The minimum atomic E-state index is 0.404. The molecule has 0 bridgehead atoms. The van der Waals surface area contributed by atoms with Crippen LogP contribution in [0.15, 0.2) is 36.4 Å². The third kappa shape index (κ3) is 4.48. The van der Waals surface area contributed by atoms with Gasteiger partial charge in [-0.15, -0.1) is 0 Å². The highest BCUT2D eigenvalue weighted by Gasteiger charge is 2.07. The van der Waals surface area contributed by atoms with E-state index < -0.39 is 0 Å². The van der Waals surface area contributed by atoms with Gasteiger partial charge in [-0.25, -0.2) is 0 Å². The number of benzene rings is 2. The molecule has 21 heavy (non-hydrogen) atoms. The monoisotopic (exact) mass is 358 g/mol. The van der Waals surface area contributed by atoms with Gasteiger partial charge in [-0.05, 0) is 48.5 Å². The second kappa shape index (κ2) is 7.32. The predicted octanol–water partition coefficient (Wildman–Crippen LogP) is 6.02. The zero-order valence-corrected chi connectivity index (χ0v) is 14.3. The highest BCUT2D eigenvalue weighted by atomic mass is 35.5. The molecule has 6 heteroatoms. The standard InChI is InChI=1S/C15H13Cl3N2S/c1-2-9-3-5-10(6-4-9)19-15(21)20-14-8-12(17)11(16)7-13(14)18/h3-8H,2H2,1H3,(H2,19,20,21). The van der Waals surface area contributed by atoms with Gasteiger partial charge in [0.15, 0.2) is 5.11 Å². The van der Waals surface area contributed by atoms with Crippen LogP contribution in [0.5, 0.6) is 0 Å². The molecule has 0 aromatic heterocycles. The summed E-state index contributed by atoms with van der Waals surface area (Å²) in [6.07, 6.45) is 1.00. The first-order valence-corrected chi connectivity index (χ1v) is 7.85. The lowest BCUT2D eigenvalue weighted by Gasteiger charge is -2.13. The SMILES string of the molecule is CCc1ccc(NC(=S)Nc2cc(Cl)c(Cl)cc2Cl)cc1. The van der Waals surface area contributed by atoms with Crippen molar-refractivity contribution in [1.29, 1.82) is 0 Å². The second-order valence-electron chi connectivity index (χ2n) is 4.38. The van der Waals surface area contributed by atoms with Crippen molar-refractivity contribution < 1.29 is 0 Å². The molecule has 0 unspecified atom stereocenters. The fourth-order valence-electron chi connectivity index (χ4n) is 1.73. The van der Waals surface area contributed by atoms with E-state index in [1.807, 2.05) is 12.1 Å². The van der Waals surface area contributed by atoms with Gasteiger partial charge in [-0.2, -0.15) is 0 Å². The maximum Gasteiger partial charge on any atom is 0.175 e. The summed E-state index contributed by atoms with van der Waals surface area (Å²) < 4.78 is 0. The Hall–Kier alpha value is -1.00. The number of halogens is 3. The summed E-state index contributed by atoms with van der Waals surface area (Å²) in [5.41, 5.74) is 2.78. The minimum absolute atomic E-state index is 0.404. The van der Waals surface area contributed by atoms with E-state index in [4.69, 9.17) is 47.0 Å². The Balaban J connectivity index is 2.06. The number of aryl methyl sites for hydroxylation is 1. The molecule has 0 saturated carbocycles. The number of thiocarbonyl (C=S) groups is 1. The number of nitrogens with one attached hydrogen (secondary N) is 2. The fourth-order valence-corrected chi connectivity index (χ4v) is 2.55. The fraction of sp³-hybridized carbons (Fsp3) is 0.133. The normalized spacial score (nSPS) is 10.3. The van der Waals surface area contributed by atoms with Crippen LogP contribution in [0, 0.1) is 0 Å². The molecule has 0 saturated heterocycles. The van der Waals surface area contributed by atoms with E-state index in [1.54, 1.807) is 12.1 Å². The van der Waals surface area contributed by atoms with Crippen molar-refractivity contribution >= 4 is 63.5 Å². The lowest BCUT2D eigenvalue weighted by molar-refractivity contribution is 1.14. The van der Waals surface area contributed by atoms with E-state index >= 15 is 0 Å². The Bertz CT molecular complexity index is 657. The first-order chi connectivity index (χ1) is 9.99. The highest BCUT2D eigenvalue weighted by Crippen LogP contribution is 2.32. The number of hydrogen-bond acceptors (Lipinski definition) is 1. The Morgan fingerprint density at radius 1 is 0.952 bits per heavy atom. The smallest absolute Gasteiger partial charge is 0.175 e. The molecule has 0 aliphatic rings. The van der Waals surface area contributed by atoms with Crippen molar-refractivity contribution in [3.8, 4) is 0 Å². The Labute approximate surface area is 144 Å². The molecule has 110 valence electrons. The number of anilines is 2. The quantitative estimate of drug-likeness (QED) is 0.517. The van der Waals surface area contributed by atoms with Crippen LogP contribution in [0.25, 0.3) is 0 Å². The molecule has 0 fully saturated rings. The topological polar surface area (TPSA) is 24.1 Å². The summed E-state index contributed by atoms with van der Waals surface area (Å²) in [6.45, 7) is 2.11. The molecular weight excluding hydrogens is 347 g/mol. The molecule has 0 atom stereocenters. The highest BCUT2D eigenvalue weighted by molar-refractivity contribution is 7.80. The van der Waals surface area contributed by atoms with Gasteiger partial charge in [-0.3, -0.25) is 0 Å². The maximum atomic E-state index is 6.10. The summed E-state index contributed by atoms with van der Waals surface area (Å²) in [7, 11) is 0. The van der Waals surface area contributed by atoms with Crippen LogP contribution in [0.3, 0.4) is 0 Å². The summed E-state index contributed by atoms with van der Waals surface area (Å²) in [6, 6.07) is 11.3. The zero-order valence-electron chi connectivity index (χ0n) is 11.2. The first kappa shape index (κ1) is 16.4. The van der Waals surface area contributed by atoms with Crippen LogP contribution < -0.4 is 10.6 Å². The molecule has 0 heterocycles. The van der Waals surface area contributed by atoms with Gasteiger partial charge in [0.25, 0.3) is 0 Å². The molecule has 2 aromatic carbocycles. The van der Waals surface area contributed by atoms with E-state index in [9.17, 15) is 0 Å². The van der Waals surface area contributed by atoms with Gasteiger partial charge in [0.05, 0.1) is 20.8 Å². The molecule has 2 aromatic rings. The predicted molar refractivity (Wildman–Crippen MR) is 97.1 cm³/mol. The van der Waals surface area contributed by atoms with Crippen molar-refractivity contribution in [2.45, 2.75) is 13.3 Å². The van der Waals surface area contributed by atoms with Crippen molar-refractivity contribution in [3.63, 3.8) is 0 Å². The number of rotatable bonds is 3. The minimum Gasteiger partial charge on any atom is -0.332 e. The molecule has 0 amide bonds. The lowest BCUT2D eigenvalue weighted by atomic mass is 10.1.